The molecule has 5 heteroatoms. The SMILES string of the molecule is COc1c(C)cc(C)cc1-c1cc(=O)[nH]c(=O)[nH]1. The quantitative estimate of drug-likeness (QED) is 0.840. The molecule has 0 bridgehead atoms. The molecule has 1 aromatic carbocycles. The van der Waals surface area contributed by atoms with Crippen molar-refractivity contribution in [2.45, 2.75) is 13.8 Å². The Labute approximate surface area is 103 Å². The van der Waals surface area contributed by atoms with E-state index in [-0.39, 0.29) is 0 Å². The lowest BCUT2D eigenvalue weighted by molar-refractivity contribution is 0.413. The Hall–Kier alpha value is -2.30. The topological polar surface area (TPSA) is 75.0 Å². The third-order valence-electron chi connectivity index (χ3n) is 2.67. The van der Waals surface area contributed by atoms with Gasteiger partial charge in [-0.25, -0.2) is 4.79 Å². The molecular weight excluding hydrogens is 232 g/mol. The second-order valence-electron chi connectivity index (χ2n) is 4.16. The van der Waals surface area contributed by atoms with Crippen LogP contribution in [0.15, 0.2) is 27.8 Å². The molecule has 0 radical (unpaired) electrons. The second kappa shape index (κ2) is 4.52. The maximum absolute atomic E-state index is 11.3. The zero-order valence-electron chi connectivity index (χ0n) is 10.5. The van der Waals surface area contributed by atoms with Crippen LogP contribution in [-0.2, 0) is 0 Å². The molecule has 0 saturated carbocycles. The van der Waals surface area contributed by atoms with E-state index in [1.807, 2.05) is 26.0 Å². The molecule has 0 atom stereocenters. The molecule has 0 aliphatic rings. The lowest BCUT2D eigenvalue weighted by atomic mass is 10.0. The minimum absolute atomic E-state index is 0.435. The fourth-order valence-corrected chi connectivity index (χ4v) is 2.04. The highest BCUT2D eigenvalue weighted by Crippen LogP contribution is 2.31. The molecule has 2 N–H and O–H groups in total. The molecule has 0 spiro atoms. The highest BCUT2D eigenvalue weighted by Gasteiger charge is 2.11. The predicted molar refractivity (Wildman–Crippen MR) is 69.1 cm³/mol. The predicted octanol–water partition coefficient (Wildman–Crippen LogP) is 1.36. The van der Waals surface area contributed by atoms with E-state index in [4.69, 9.17) is 4.74 Å². The second-order valence-corrected chi connectivity index (χ2v) is 4.16. The molecule has 94 valence electrons. The normalized spacial score (nSPS) is 10.4. The largest absolute Gasteiger partial charge is 0.496 e. The third kappa shape index (κ3) is 2.20. The van der Waals surface area contributed by atoms with Crippen molar-refractivity contribution in [1.29, 1.82) is 0 Å². The number of rotatable bonds is 2. The summed E-state index contributed by atoms with van der Waals surface area (Å²) in [6.45, 7) is 3.86. The van der Waals surface area contributed by atoms with E-state index in [1.165, 1.54) is 6.07 Å². The van der Waals surface area contributed by atoms with Gasteiger partial charge in [-0.15, -0.1) is 0 Å². The molecule has 0 amide bonds. The van der Waals surface area contributed by atoms with Crippen LogP contribution in [0, 0.1) is 13.8 Å². The van der Waals surface area contributed by atoms with Gasteiger partial charge in [-0.1, -0.05) is 6.07 Å². The summed E-state index contributed by atoms with van der Waals surface area (Å²) in [5.41, 5.74) is 2.18. The molecule has 0 saturated heterocycles. The van der Waals surface area contributed by atoms with Gasteiger partial charge in [0.2, 0.25) is 0 Å². The van der Waals surface area contributed by atoms with Gasteiger partial charge in [-0.2, -0.15) is 0 Å². The van der Waals surface area contributed by atoms with Gasteiger partial charge in [-0.05, 0) is 31.0 Å². The van der Waals surface area contributed by atoms with Crippen molar-refractivity contribution in [1.82, 2.24) is 9.97 Å². The molecule has 2 aromatic rings. The van der Waals surface area contributed by atoms with Crippen LogP contribution in [-0.4, -0.2) is 17.1 Å². The van der Waals surface area contributed by atoms with Crippen molar-refractivity contribution in [3.8, 4) is 17.0 Å². The maximum atomic E-state index is 11.3. The van der Waals surface area contributed by atoms with Crippen LogP contribution in [0.2, 0.25) is 0 Å². The summed E-state index contributed by atoms with van der Waals surface area (Å²) in [5, 5.41) is 0. The van der Waals surface area contributed by atoms with Crippen LogP contribution in [0.5, 0.6) is 5.75 Å². The van der Waals surface area contributed by atoms with Gasteiger partial charge in [0.1, 0.15) is 5.75 Å². The van der Waals surface area contributed by atoms with Gasteiger partial charge in [0.25, 0.3) is 5.56 Å². The first-order chi connectivity index (χ1) is 8.51. The van der Waals surface area contributed by atoms with Crippen LogP contribution < -0.4 is 16.0 Å². The Morgan fingerprint density at radius 2 is 1.78 bits per heavy atom. The number of hydrogen-bond acceptors (Lipinski definition) is 3. The Bertz CT molecular complexity index is 670. The van der Waals surface area contributed by atoms with Gasteiger partial charge in [-0.3, -0.25) is 9.78 Å². The van der Waals surface area contributed by atoms with Crippen LogP contribution in [0.3, 0.4) is 0 Å². The first-order valence-corrected chi connectivity index (χ1v) is 5.50. The van der Waals surface area contributed by atoms with E-state index in [1.54, 1.807) is 7.11 Å². The van der Waals surface area contributed by atoms with Crippen molar-refractivity contribution in [3.63, 3.8) is 0 Å². The Morgan fingerprint density at radius 1 is 1.06 bits per heavy atom. The lowest BCUT2D eigenvalue weighted by Gasteiger charge is -2.12. The molecule has 1 heterocycles. The number of aromatic amines is 2. The monoisotopic (exact) mass is 246 g/mol. The molecule has 18 heavy (non-hydrogen) atoms. The standard InChI is InChI=1S/C13H14N2O3/c1-7-4-8(2)12(18-3)9(5-7)10-6-11(16)15-13(17)14-10/h4-6H,1-3H3,(H2,14,15,16,17). The number of nitrogens with one attached hydrogen (secondary N) is 2. The van der Waals surface area contributed by atoms with Crippen molar-refractivity contribution in [2.75, 3.05) is 7.11 Å². The van der Waals surface area contributed by atoms with Crippen LogP contribution in [0.25, 0.3) is 11.3 Å². The van der Waals surface area contributed by atoms with E-state index in [2.05, 4.69) is 9.97 Å². The van der Waals surface area contributed by atoms with Gasteiger partial charge >= 0.3 is 5.69 Å². The van der Waals surface area contributed by atoms with Gasteiger partial charge in [0.05, 0.1) is 12.8 Å². The van der Waals surface area contributed by atoms with E-state index in [0.717, 1.165) is 11.1 Å². The van der Waals surface area contributed by atoms with Crippen molar-refractivity contribution in [3.05, 3.63) is 50.2 Å². The fraction of sp³-hybridized carbons (Fsp3) is 0.231. The molecule has 2 rings (SSSR count). The third-order valence-corrected chi connectivity index (χ3v) is 2.67. The molecule has 0 aliphatic heterocycles. The Balaban J connectivity index is 2.77. The van der Waals surface area contributed by atoms with E-state index in [0.29, 0.717) is 17.0 Å². The van der Waals surface area contributed by atoms with Crippen LogP contribution in [0.4, 0.5) is 0 Å². The maximum Gasteiger partial charge on any atom is 0.326 e. The molecule has 0 unspecified atom stereocenters. The average Bonchev–Trinajstić information content (AvgIpc) is 2.26. The van der Waals surface area contributed by atoms with Crippen molar-refractivity contribution < 1.29 is 4.74 Å². The molecule has 0 aliphatic carbocycles. The number of methoxy groups -OCH3 is 1. The molecule has 1 aromatic heterocycles. The zero-order chi connectivity index (χ0) is 13.3. The Morgan fingerprint density at radius 3 is 2.39 bits per heavy atom. The van der Waals surface area contributed by atoms with Crippen molar-refractivity contribution in [2.24, 2.45) is 0 Å². The van der Waals surface area contributed by atoms with E-state index >= 15 is 0 Å². The highest BCUT2D eigenvalue weighted by molar-refractivity contribution is 5.69. The smallest absolute Gasteiger partial charge is 0.326 e. The van der Waals surface area contributed by atoms with Gasteiger partial charge in [0.15, 0.2) is 0 Å². The summed E-state index contributed by atoms with van der Waals surface area (Å²) in [7, 11) is 1.56. The fourth-order valence-electron chi connectivity index (χ4n) is 2.04. The minimum Gasteiger partial charge on any atom is -0.496 e. The van der Waals surface area contributed by atoms with Crippen LogP contribution >= 0.6 is 0 Å². The number of H-pyrrole nitrogens is 2. The summed E-state index contributed by atoms with van der Waals surface area (Å²) < 4.78 is 5.33. The number of ether oxygens (including phenoxy) is 1. The zero-order valence-corrected chi connectivity index (χ0v) is 10.5. The average molecular weight is 246 g/mol. The highest BCUT2D eigenvalue weighted by atomic mass is 16.5. The number of aromatic nitrogens is 2. The van der Waals surface area contributed by atoms with Crippen LogP contribution in [0.1, 0.15) is 11.1 Å². The number of hydrogen-bond donors (Lipinski definition) is 2. The van der Waals surface area contributed by atoms with E-state index in [9.17, 15) is 9.59 Å². The number of aryl methyl sites for hydroxylation is 2. The summed E-state index contributed by atoms with van der Waals surface area (Å²) in [6.07, 6.45) is 0. The summed E-state index contributed by atoms with van der Waals surface area (Å²) in [6, 6.07) is 5.20. The first kappa shape index (κ1) is 12.2. The molecule has 0 fully saturated rings. The van der Waals surface area contributed by atoms with Gasteiger partial charge in [0, 0.05) is 11.6 Å². The minimum atomic E-state index is -0.529. The van der Waals surface area contributed by atoms with Gasteiger partial charge < -0.3 is 9.72 Å². The van der Waals surface area contributed by atoms with E-state index < -0.39 is 11.2 Å². The molecular formula is C13H14N2O3. The summed E-state index contributed by atoms with van der Waals surface area (Å²) >= 11 is 0. The Kier molecular flexibility index (Phi) is 3.06. The van der Waals surface area contributed by atoms with Crippen molar-refractivity contribution >= 4 is 0 Å². The molecule has 5 nitrogen and oxygen atoms in total. The number of benzene rings is 1. The first-order valence-electron chi connectivity index (χ1n) is 5.50. The summed E-state index contributed by atoms with van der Waals surface area (Å²) in [5.74, 6) is 0.654. The lowest BCUT2D eigenvalue weighted by Crippen LogP contribution is -2.21. The summed E-state index contributed by atoms with van der Waals surface area (Å²) in [4.78, 5) is 27.4.